The van der Waals surface area contributed by atoms with Crippen LogP contribution >= 0.6 is 0 Å². The minimum absolute atomic E-state index is 0.266. The molecular formula is C25H28N2O2. The van der Waals surface area contributed by atoms with Gasteiger partial charge in [-0.05, 0) is 67.1 Å². The van der Waals surface area contributed by atoms with E-state index in [1.54, 1.807) is 0 Å². The molecule has 1 aromatic heterocycles. The molecule has 0 bridgehead atoms. The highest BCUT2D eigenvalue weighted by molar-refractivity contribution is 5.81. The van der Waals surface area contributed by atoms with E-state index in [9.17, 15) is 4.79 Å². The van der Waals surface area contributed by atoms with Crippen LogP contribution in [0.5, 0.6) is 11.5 Å². The first kappa shape index (κ1) is 19.4. The Hall–Kier alpha value is -2.88. The fraction of sp³-hybridized carbons (Fsp3) is 0.360. The van der Waals surface area contributed by atoms with Crippen LogP contribution in [0.3, 0.4) is 0 Å². The number of amides is 1. The molecule has 1 amide bonds. The van der Waals surface area contributed by atoms with Crippen molar-refractivity contribution in [1.29, 1.82) is 0 Å². The molecule has 1 aliphatic rings. The Bertz CT molecular complexity index is 987. The van der Waals surface area contributed by atoms with E-state index in [2.05, 4.69) is 29.8 Å². The maximum atomic E-state index is 12.7. The molecule has 1 fully saturated rings. The monoisotopic (exact) mass is 388 g/mol. The summed E-state index contributed by atoms with van der Waals surface area (Å²) in [5.41, 5.74) is 2.02. The molecule has 0 spiro atoms. The van der Waals surface area contributed by atoms with Crippen molar-refractivity contribution >= 4 is 16.8 Å². The summed E-state index contributed by atoms with van der Waals surface area (Å²) < 4.78 is 5.94. The summed E-state index contributed by atoms with van der Waals surface area (Å²) in [6.45, 7) is 5.22. The maximum absolute atomic E-state index is 12.7. The van der Waals surface area contributed by atoms with Crippen molar-refractivity contribution in [2.45, 2.75) is 45.6 Å². The van der Waals surface area contributed by atoms with Crippen LogP contribution in [0.15, 0.2) is 60.8 Å². The van der Waals surface area contributed by atoms with Crippen LogP contribution in [0, 0.1) is 5.92 Å². The zero-order valence-corrected chi connectivity index (χ0v) is 17.2. The SMILES string of the molecule is CCCN(C(=O)CCc1cnc2ccc(Oc3ccccc3)cc2c1)C1CC1C. The van der Waals surface area contributed by atoms with E-state index in [4.69, 9.17) is 4.74 Å². The van der Waals surface area contributed by atoms with Gasteiger partial charge in [0.15, 0.2) is 0 Å². The Morgan fingerprint density at radius 3 is 2.66 bits per heavy atom. The third kappa shape index (κ3) is 4.76. The van der Waals surface area contributed by atoms with Crippen molar-refractivity contribution in [3.8, 4) is 11.5 Å². The number of para-hydroxylation sites is 1. The minimum atomic E-state index is 0.266. The van der Waals surface area contributed by atoms with Gasteiger partial charge in [-0.1, -0.05) is 32.0 Å². The number of nitrogens with zero attached hydrogens (tertiary/aromatic N) is 2. The molecule has 4 nitrogen and oxygen atoms in total. The summed E-state index contributed by atoms with van der Waals surface area (Å²) in [5, 5.41) is 1.03. The maximum Gasteiger partial charge on any atom is 0.223 e. The van der Waals surface area contributed by atoms with Crippen molar-refractivity contribution in [1.82, 2.24) is 9.88 Å². The molecule has 0 saturated heterocycles. The number of hydrogen-bond acceptors (Lipinski definition) is 3. The third-order valence-electron chi connectivity index (χ3n) is 5.57. The lowest BCUT2D eigenvalue weighted by molar-refractivity contribution is -0.132. The molecule has 2 aromatic carbocycles. The Balaban J connectivity index is 1.44. The van der Waals surface area contributed by atoms with E-state index in [-0.39, 0.29) is 5.91 Å². The number of aromatic nitrogens is 1. The highest BCUT2D eigenvalue weighted by atomic mass is 16.5. The number of fused-ring (bicyclic) bond motifs is 1. The largest absolute Gasteiger partial charge is 0.457 e. The molecule has 150 valence electrons. The normalized spacial score (nSPS) is 17.9. The summed E-state index contributed by atoms with van der Waals surface area (Å²) in [4.78, 5) is 19.4. The Kier molecular flexibility index (Phi) is 5.79. The smallest absolute Gasteiger partial charge is 0.223 e. The first-order valence-corrected chi connectivity index (χ1v) is 10.5. The molecule has 0 N–H and O–H groups in total. The van der Waals surface area contributed by atoms with Gasteiger partial charge in [0.05, 0.1) is 5.52 Å². The summed E-state index contributed by atoms with van der Waals surface area (Å²) in [7, 11) is 0. The average Bonchev–Trinajstić information content (AvgIpc) is 3.46. The number of rotatable bonds is 8. The Morgan fingerprint density at radius 2 is 1.93 bits per heavy atom. The van der Waals surface area contributed by atoms with Crippen LogP contribution in [0.4, 0.5) is 0 Å². The Labute approximate surface area is 172 Å². The van der Waals surface area contributed by atoms with E-state index < -0.39 is 0 Å². The van der Waals surface area contributed by atoms with Gasteiger partial charge >= 0.3 is 0 Å². The van der Waals surface area contributed by atoms with Crippen molar-refractivity contribution in [3.63, 3.8) is 0 Å². The molecule has 2 atom stereocenters. The summed E-state index contributed by atoms with van der Waals surface area (Å²) in [6, 6.07) is 18.2. The first-order chi connectivity index (χ1) is 14.1. The molecule has 4 rings (SSSR count). The van der Waals surface area contributed by atoms with Gasteiger partial charge in [0.1, 0.15) is 11.5 Å². The zero-order valence-electron chi connectivity index (χ0n) is 17.2. The standard InChI is InChI=1S/C25H28N2O2/c1-3-13-27(24-14-18(24)2)25(28)12-9-19-15-20-16-22(10-11-23(20)26-17-19)29-21-7-5-4-6-8-21/h4-8,10-11,15-18,24H,3,9,12-14H2,1-2H3. The summed E-state index contributed by atoms with van der Waals surface area (Å²) >= 11 is 0. The van der Waals surface area contributed by atoms with Crippen LogP contribution in [0.25, 0.3) is 10.9 Å². The van der Waals surface area contributed by atoms with E-state index in [0.29, 0.717) is 24.8 Å². The molecule has 2 unspecified atom stereocenters. The van der Waals surface area contributed by atoms with Gasteiger partial charge < -0.3 is 9.64 Å². The summed E-state index contributed by atoms with van der Waals surface area (Å²) in [5.74, 6) is 2.51. The van der Waals surface area contributed by atoms with Crippen LogP contribution in [-0.4, -0.2) is 28.4 Å². The third-order valence-corrected chi connectivity index (χ3v) is 5.57. The Morgan fingerprint density at radius 1 is 1.14 bits per heavy atom. The van der Waals surface area contributed by atoms with Crippen molar-refractivity contribution in [2.75, 3.05) is 6.54 Å². The van der Waals surface area contributed by atoms with Crippen LogP contribution < -0.4 is 4.74 Å². The van der Waals surface area contributed by atoms with Gasteiger partial charge in [-0.25, -0.2) is 0 Å². The number of pyridine rings is 1. The number of carbonyl (C=O) groups is 1. The lowest BCUT2D eigenvalue weighted by atomic mass is 10.1. The van der Waals surface area contributed by atoms with Gasteiger partial charge in [-0.2, -0.15) is 0 Å². The van der Waals surface area contributed by atoms with Crippen molar-refractivity contribution in [2.24, 2.45) is 5.92 Å². The zero-order chi connectivity index (χ0) is 20.2. The van der Waals surface area contributed by atoms with Crippen LogP contribution in [0.2, 0.25) is 0 Å². The number of benzene rings is 2. The molecule has 1 aliphatic carbocycles. The average molecular weight is 389 g/mol. The number of ether oxygens (including phenoxy) is 1. The van der Waals surface area contributed by atoms with E-state index >= 15 is 0 Å². The fourth-order valence-electron chi connectivity index (χ4n) is 3.83. The quantitative estimate of drug-likeness (QED) is 0.504. The molecule has 29 heavy (non-hydrogen) atoms. The molecule has 0 radical (unpaired) electrons. The molecule has 0 aliphatic heterocycles. The van der Waals surface area contributed by atoms with Crippen LogP contribution in [0.1, 0.15) is 38.7 Å². The topological polar surface area (TPSA) is 42.4 Å². The predicted molar refractivity (Wildman–Crippen MR) is 116 cm³/mol. The minimum Gasteiger partial charge on any atom is -0.457 e. The van der Waals surface area contributed by atoms with Gasteiger partial charge in [0, 0.05) is 30.6 Å². The number of aryl methyl sites for hydroxylation is 1. The second kappa shape index (κ2) is 8.64. The summed E-state index contributed by atoms with van der Waals surface area (Å²) in [6.07, 6.45) is 5.30. The highest BCUT2D eigenvalue weighted by Crippen LogP contribution is 2.35. The van der Waals surface area contributed by atoms with Crippen molar-refractivity contribution < 1.29 is 9.53 Å². The van der Waals surface area contributed by atoms with Gasteiger partial charge in [0.25, 0.3) is 0 Å². The van der Waals surface area contributed by atoms with Gasteiger partial charge in [0.2, 0.25) is 5.91 Å². The second-order valence-electron chi connectivity index (χ2n) is 7.98. The molecule has 1 saturated carbocycles. The predicted octanol–water partition coefficient (Wildman–Crippen LogP) is 5.61. The second-order valence-corrected chi connectivity index (χ2v) is 7.98. The van der Waals surface area contributed by atoms with E-state index in [0.717, 1.165) is 47.4 Å². The first-order valence-electron chi connectivity index (χ1n) is 10.5. The molecule has 1 heterocycles. The lowest BCUT2D eigenvalue weighted by Gasteiger charge is -2.22. The van der Waals surface area contributed by atoms with Crippen molar-refractivity contribution in [3.05, 3.63) is 66.4 Å². The highest BCUT2D eigenvalue weighted by Gasteiger charge is 2.39. The van der Waals surface area contributed by atoms with E-state index in [1.807, 2.05) is 54.7 Å². The number of hydrogen-bond donors (Lipinski definition) is 0. The van der Waals surface area contributed by atoms with Crippen LogP contribution in [-0.2, 0) is 11.2 Å². The molecule has 3 aromatic rings. The lowest BCUT2D eigenvalue weighted by Crippen LogP contribution is -2.34. The van der Waals surface area contributed by atoms with Gasteiger partial charge in [-0.15, -0.1) is 0 Å². The van der Waals surface area contributed by atoms with E-state index in [1.165, 1.54) is 0 Å². The fourth-order valence-corrected chi connectivity index (χ4v) is 3.83. The molecule has 4 heteroatoms. The molecular weight excluding hydrogens is 360 g/mol. The number of carbonyl (C=O) groups excluding carboxylic acids is 1. The van der Waals surface area contributed by atoms with Gasteiger partial charge in [-0.3, -0.25) is 9.78 Å².